The largest absolute Gasteiger partial charge is 0.334 e. The van der Waals surface area contributed by atoms with Crippen LogP contribution in [0.25, 0.3) is 0 Å². The number of benzene rings is 2. The monoisotopic (exact) mass is 392 g/mol. The van der Waals surface area contributed by atoms with Crippen LogP contribution in [0.4, 0.5) is 0 Å². The van der Waals surface area contributed by atoms with Gasteiger partial charge in [0.05, 0.1) is 17.2 Å². The molecule has 3 amide bonds. The molecule has 1 heterocycles. The summed E-state index contributed by atoms with van der Waals surface area (Å²) in [7, 11) is 1.51. The molecule has 1 aliphatic heterocycles. The third-order valence-electron chi connectivity index (χ3n) is 5.67. The average Bonchev–Trinajstić information content (AvgIpc) is 2.98. The Hall–Kier alpha value is -3.28. The number of likely N-dealkylation sites (N-methyl/N-ethyl adjacent to an activating group) is 1. The number of hydrogen-bond donors (Lipinski definition) is 0. The Morgan fingerprint density at radius 1 is 0.897 bits per heavy atom. The van der Waals surface area contributed by atoms with Crippen molar-refractivity contribution in [3.05, 3.63) is 70.3 Å². The summed E-state index contributed by atoms with van der Waals surface area (Å²) in [6, 6.07) is 10.2. The van der Waals surface area contributed by atoms with Crippen LogP contribution < -0.4 is 0 Å². The molecule has 2 atom stereocenters. The van der Waals surface area contributed by atoms with E-state index in [2.05, 4.69) is 0 Å². The summed E-state index contributed by atoms with van der Waals surface area (Å²) in [6.07, 6.45) is 0. The van der Waals surface area contributed by atoms with Gasteiger partial charge in [0.2, 0.25) is 5.91 Å². The third kappa shape index (κ3) is 3.46. The maximum atomic E-state index is 13.0. The van der Waals surface area contributed by atoms with Gasteiger partial charge in [0.25, 0.3) is 11.8 Å². The van der Waals surface area contributed by atoms with Crippen molar-refractivity contribution in [3.63, 3.8) is 0 Å². The van der Waals surface area contributed by atoms with Gasteiger partial charge in [0.1, 0.15) is 6.04 Å². The first-order chi connectivity index (χ1) is 13.6. The molecule has 0 saturated heterocycles. The minimum atomic E-state index is -1.01. The minimum Gasteiger partial charge on any atom is -0.334 e. The van der Waals surface area contributed by atoms with Gasteiger partial charge in [-0.3, -0.25) is 24.1 Å². The summed E-state index contributed by atoms with van der Waals surface area (Å²) in [4.78, 5) is 53.4. The molecular weight excluding hydrogens is 368 g/mol. The zero-order valence-electron chi connectivity index (χ0n) is 17.2. The van der Waals surface area contributed by atoms with Crippen molar-refractivity contribution < 1.29 is 19.2 Å². The highest BCUT2D eigenvalue weighted by Crippen LogP contribution is 2.25. The smallest absolute Gasteiger partial charge is 0.262 e. The van der Waals surface area contributed by atoms with Crippen LogP contribution in [0.15, 0.2) is 42.5 Å². The lowest BCUT2D eigenvalue weighted by molar-refractivity contribution is -0.134. The second kappa shape index (κ2) is 7.62. The molecule has 1 aliphatic rings. The predicted molar refractivity (Wildman–Crippen MR) is 109 cm³/mol. The first kappa shape index (κ1) is 20.5. The molecule has 3 rings (SSSR count). The molecule has 6 heteroatoms. The molecule has 0 radical (unpaired) electrons. The van der Waals surface area contributed by atoms with Crippen molar-refractivity contribution in [2.24, 2.45) is 0 Å². The van der Waals surface area contributed by atoms with Gasteiger partial charge in [0, 0.05) is 12.6 Å². The number of carbonyl (C=O) groups excluding carboxylic acids is 4. The molecule has 2 unspecified atom stereocenters. The number of ketones is 1. The topological polar surface area (TPSA) is 74.8 Å². The Bertz CT molecular complexity index is 992. The van der Waals surface area contributed by atoms with Crippen LogP contribution in [-0.4, -0.2) is 52.4 Å². The number of fused-ring (bicyclic) bond motifs is 1. The van der Waals surface area contributed by atoms with Crippen LogP contribution in [0.3, 0.4) is 0 Å². The first-order valence-electron chi connectivity index (χ1n) is 9.50. The number of rotatable bonds is 5. The number of hydrogen-bond acceptors (Lipinski definition) is 4. The number of carbonyl (C=O) groups is 4. The van der Waals surface area contributed by atoms with Gasteiger partial charge >= 0.3 is 0 Å². The minimum absolute atomic E-state index is 0.196. The molecule has 0 fully saturated rings. The fourth-order valence-corrected chi connectivity index (χ4v) is 3.47. The van der Waals surface area contributed by atoms with Crippen LogP contribution in [0, 0.1) is 13.8 Å². The lowest BCUT2D eigenvalue weighted by Gasteiger charge is -2.30. The van der Waals surface area contributed by atoms with Crippen LogP contribution in [0.2, 0.25) is 0 Å². The normalized spacial score (nSPS) is 15.1. The first-order valence-corrected chi connectivity index (χ1v) is 9.50. The zero-order valence-corrected chi connectivity index (χ0v) is 17.2. The van der Waals surface area contributed by atoms with E-state index in [9.17, 15) is 19.2 Å². The summed E-state index contributed by atoms with van der Waals surface area (Å²) < 4.78 is 0. The van der Waals surface area contributed by atoms with Crippen molar-refractivity contribution in [1.82, 2.24) is 9.80 Å². The van der Waals surface area contributed by atoms with Gasteiger partial charge in [-0.05, 0) is 57.0 Å². The molecule has 0 bridgehead atoms. The zero-order chi connectivity index (χ0) is 21.5. The van der Waals surface area contributed by atoms with E-state index in [-0.39, 0.29) is 5.78 Å². The lowest BCUT2D eigenvalue weighted by Crippen LogP contribution is -2.52. The molecule has 2 aromatic carbocycles. The van der Waals surface area contributed by atoms with E-state index in [0.29, 0.717) is 16.7 Å². The van der Waals surface area contributed by atoms with Crippen molar-refractivity contribution in [2.45, 2.75) is 39.8 Å². The highest BCUT2D eigenvalue weighted by Gasteiger charge is 2.42. The number of imide groups is 1. The van der Waals surface area contributed by atoms with Crippen LogP contribution >= 0.6 is 0 Å². The molecule has 150 valence electrons. The molecule has 2 aromatic rings. The maximum absolute atomic E-state index is 13.0. The molecule has 0 N–H and O–H groups in total. The Kier molecular flexibility index (Phi) is 5.38. The molecule has 0 spiro atoms. The Labute approximate surface area is 170 Å². The summed E-state index contributed by atoms with van der Waals surface area (Å²) in [5.41, 5.74) is 3.18. The summed E-state index contributed by atoms with van der Waals surface area (Å²) in [5.74, 6) is -1.65. The van der Waals surface area contributed by atoms with Crippen LogP contribution in [-0.2, 0) is 4.79 Å². The van der Waals surface area contributed by atoms with Gasteiger partial charge in [-0.1, -0.05) is 24.3 Å². The quantitative estimate of drug-likeness (QED) is 0.579. The van der Waals surface area contributed by atoms with Gasteiger partial charge in [-0.2, -0.15) is 0 Å². The second-order valence-electron chi connectivity index (χ2n) is 7.49. The molecule has 6 nitrogen and oxygen atoms in total. The molecule has 0 aliphatic carbocycles. The Balaban J connectivity index is 1.79. The third-order valence-corrected chi connectivity index (χ3v) is 5.67. The highest BCUT2D eigenvalue weighted by molar-refractivity contribution is 6.22. The molecular formula is C23H24N2O4. The van der Waals surface area contributed by atoms with E-state index in [1.54, 1.807) is 43.3 Å². The fourth-order valence-electron chi connectivity index (χ4n) is 3.47. The van der Waals surface area contributed by atoms with E-state index < -0.39 is 29.8 Å². The van der Waals surface area contributed by atoms with Gasteiger partial charge in [-0.15, -0.1) is 0 Å². The van der Waals surface area contributed by atoms with E-state index in [0.717, 1.165) is 16.0 Å². The Morgan fingerprint density at radius 2 is 1.45 bits per heavy atom. The van der Waals surface area contributed by atoms with Crippen molar-refractivity contribution in [3.8, 4) is 0 Å². The Morgan fingerprint density at radius 3 is 1.97 bits per heavy atom. The number of nitrogens with zero attached hydrogens (tertiary/aromatic N) is 2. The van der Waals surface area contributed by atoms with Crippen molar-refractivity contribution >= 4 is 23.5 Å². The SMILES string of the molecule is Cc1ccc(C(=O)C(C)N(C)C(=O)C(C)N2C(=O)c3ccccc3C2=O)cc1C. The van der Waals surface area contributed by atoms with Crippen molar-refractivity contribution in [2.75, 3.05) is 7.05 Å². The number of aryl methyl sites for hydroxylation is 2. The molecule has 0 aromatic heterocycles. The fraction of sp³-hybridized carbons (Fsp3) is 0.304. The average molecular weight is 392 g/mol. The van der Waals surface area contributed by atoms with Crippen LogP contribution in [0.1, 0.15) is 56.0 Å². The van der Waals surface area contributed by atoms with E-state index >= 15 is 0 Å². The maximum Gasteiger partial charge on any atom is 0.262 e. The number of Topliss-reactive ketones (excluding diaryl/α,β-unsaturated/α-hetero) is 1. The lowest BCUT2D eigenvalue weighted by atomic mass is 9.99. The number of amides is 3. The second-order valence-corrected chi connectivity index (χ2v) is 7.49. The molecule has 0 saturated carbocycles. The summed E-state index contributed by atoms with van der Waals surface area (Å²) in [5, 5.41) is 0. The molecule has 29 heavy (non-hydrogen) atoms. The predicted octanol–water partition coefficient (Wildman–Crippen LogP) is 3.02. The van der Waals surface area contributed by atoms with Gasteiger partial charge < -0.3 is 4.90 Å². The van der Waals surface area contributed by atoms with Crippen molar-refractivity contribution in [1.29, 1.82) is 0 Å². The van der Waals surface area contributed by atoms with E-state index in [1.165, 1.54) is 18.9 Å². The van der Waals surface area contributed by atoms with Gasteiger partial charge in [-0.25, -0.2) is 0 Å². The van der Waals surface area contributed by atoms with Crippen LogP contribution in [0.5, 0.6) is 0 Å². The van der Waals surface area contributed by atoms with Gasteiger partial charge in [0.15, 0.2) is 5.78 Å². The van der Waals surface area contributed by atoms with E-state index in [1.807, 2.05) is 19.9 Å². The standard InChI is InChI=1S/C23H24N2O4/c1-13-10-11-17(12-14(13)2)20(26)15(3)24(5)21(27)16(4)25-22(28)18-8-6-7-9-19(18)23(25)29/h6-12,15-16H,1-5H3. The highest BCUT2D eigenvalue weighted by atomic mass is 16.2. The summed E-state index contributed by atoms with van der Waals surface area (Å²) in [6.45, 7) is 7.04. The summed E-state index contributed by atoms with van der Waals surface area (Å²) >= 11 is 0. The van der Waals surface area contributed by atoms with E-state index in [4.69, 9.17) is 0 Å².